The van der Waals surface area contributed by atoms with Gasteiger partial charge in [-0.2, -0.15) is 0 Å². The molecule has 88 valence electrons. The first-order chi connectivity index (χ1) is 6.97. The van der Waals surface area contributed by atoms with Gasteiger partial charge in [0.15, 0.2) is 6.10 Å². The number of carbonyl (C=O) groups excluding carboxylic acids is 1. The van der Waals surface area contributed by atoms with E-state index in [2.05, 4.69) is 5.32 Å². The molecule has 0 saturated carbocycles. The Bertz CT molecular complexity index is 217. The minimum absolute atomic E-state index is 0.103. The van der Waals surface area contributed by atoms with E-state index in [1.165, 1.54) is 6.92 Å². The standard InChI is InChI=1S/C10H19NO4/c1-4-5-7(2)11-9(12)6-15-8(3)10(13)14/h7-8H,4-6H2,1-3H3,(H,11,12)(H,13,14)/t7?,8-/m1/s1. The fourth-order valence-electron chi connectivity index (χ4n) is 1.09. The van der Waals surface area contributed by atoms with Gasteiger partial charge in [0, 0.05) is 6.04 Å². The lowest BCUT2D eigenvalue weighted by Crippen LogP contribution is -2.36. The maximum absolute atomic E-state index is 11.2. The van der Waals surface area contributed by atoms with Crippen LogP contribution in [0.3, 0.4) is 0 Å². The zero-order valence-corrected chi connectivity index (χ0v) is 9.45. The van der Waals surface area contributed by atoms with Crippen LogP contribution in [0.2, 0.25) is 0 Å². The minimum Gasteiger partial charge on any atom is -0.479 e. The third kappa shape index (κ3) is 6.90. The fraction of sp³-hybridized carbons (Fsp3) is 0.800. The molecule has 5 heteroatoms. The molecule has 0 aromatic heterocycles. The SMILES string of the molecule is CCCC(C)NC(=O)CO[C@H](C)C(=O)O. The lowest BCUT2D eigenvalue weighted by molar-refractivity contribution is -0.150. The number of hydrogen-bond donors (Lipinski definition) is 2. The summed E-state index contributed by atoms with van der Waals surface area (Å²) in [7, 11) is 0. The predicted molar refractivity (Wildman–Crippen MR) is 55.6 cm³/mol. The molecule has 15 heavy (non-hydrogen) atoms. The highest BCUT2D eigenvalue weighted by molar-refractivity contribution is 5.78. The van der Waals surface area contributed by atoms with Gasteiger partial charge >= 0.3 is 5.97 Å². The van der Waals surface area contributed by atoms with Crippen molar-refractivity contribution in [3.8, 4) is 0 Å². The van der Waals surface area contributed by atoms with Crippen molar-refractivity contribution in [3.63, 3.8) is 0 Å². The number of carboxylic acids is 1. The molecular formula is C10H19NO4. The van der Waals surface area contributed by atoms with Gasteiger partial charge in [0.2, 0.25) is 5.91 Å². The molecule has 0 heterocycles. The number of aliphatic carboxylic acids is 1. The molecule has 0 spiro atoms. The van der Waals surface area contributed by atoms with Crippen molar-refractivity contribution in [1.82, 2.24) is 5.32 Å². The van der Waals surface area contributed by atoms with Crippen molar-refractivity contribution in [2.45, 2.75) is 45.8 Å². The van der Waals surface area contributed by atoms with Crippen LogP contribution in [0, 0.1) is 0 Å². The van der Waals surface area contributed by atoms with Crippen LogP contribution in [-0.4, -0.2) is 35.7 Å². The summed E-state index contributed by atoms with van der Waals surface area (Å²) in [5.41, 5.74) is 0. The molecule has 0 saturated heterocycles. The predicted octanol–water partition coefficient (Wildman–Crippen LogP) is 0.781. The maximum atomic E-state index is 11.2. The Balaban J connectivity index is 3.70. The smallest absolute Gasteiger partial charge is 0.332 e. The highest BCUT2D eigenvalue weighted by atomic mass is 16.5. The molecule has 0 bridgehead atoms. The highest BCUT2D eigenvalue weighted by Gasteiger charge is 2.13. The van der Waals surface area contributed by atoms with Crippen molar-refractivity contribution in [2.24, 2.45) is 0 Å². The van der Waals surface area contributed by atoms with Gasteiger partial charge in [0.1, 0.15) is 6.61 Å². The second-order valence-electron chi connectivity index (χ2n) is 3.55. The fourth-order valence-corrected chi connectivity index (χ4v) is 1.09. The lowest BCUT2D eigenvalue weighted by atomic mass is 10.2. The van der Waals surface area contributed by atoms with Crippen LogP contribution < -0.4 is 5.32 Å². The molecule has 0 fully saturated rings. The van der Waals surface area contributed by atoms with E-state index in [-0.39, 0.29) is 18.6 Å². The van der Waals surface area contributed by atoms with Gasteiger partial charge in [-0.25, -0.2) is 4.79 Å². The molecule has 0 radical (unpaired) electrons. The molecular weight excluding hydrogens is 198 g/mol. The first-order valence-corrected chi connectivity index (χ1v) is 5.11. The Morgan fingerprint density at radius 1 is 1.40 bits per heavy atom. The second-order valence-corrected chi connectivity index (χ2v) is 3.55. The van der Waals surface area contributed by atoms with Crippen molar-refractivity contribution < 1.29 is 19.4 Å². The summed E-state index contributed by atoms with van der Waals surface area (Å²) < 4.78 is 4.83. The lowest BCUT2D eigenvalue weighted by Gasteiger charge is -2.13. The van der Waals surface area contributed by atoms with E-state index in [0.29, 0.717) is 0 Å². The monoisotopic (exact) mass is 217 g/mol. The number of carbonyl (C=O) groups is 2. The van der Waals surface area contributed by atoms with Gasteiger partial charge < -0.3 is 15.2 Å². The Kier molecular flexibility index (Phi) is 6.70. The largest absolute Gasteiger partial charge is 0.479 e. The molecule has 2 N–H and O–H groups in total. The van der Waals surface area contributed by atoms with Gasteiger partial charge in [-0.05, 0) is 20.3 Å². The normalized spacial score (nSPS) is 14.3. The zero-order valence-electron chi connectivity index (χ0n) is 9.45. The van der Waals surface area contributed by atoms with Crippen LogP contribution in [0.1, 0.15) is 33.6 Å². The van der Waals surface area contributed by atoms with Gasteiger partial charge in [-0.1, -0.05) is 13.3 Å². The summed E-state index contributed by atoms with van der Waals surface area (Å²) in [6.45, 7) is 5.13. The summed E-state index contributed by atoms with van der Waals surface area (Å²) in [6, 6.07) is 0.103. The topological polar surface area (TPSA) is 75.6 Å². The molecule has 5 nitrogen and oxygen atoms in total. The average molecular weight is 217 g/mol. The van der Waals surface area contributed by atoms with E-state index in [0.717, 1.165) is 12.8 Å². The summed E-state index contributed by atoms with van der Waals surface area (Å²) in [5.74, 6) is -1.34. The molecule has 2 atom stereocenters. The number of nitrogens with one attached hydrogen (secondary N) is 1. The van der Waals surface area contributed by atoms with Gasteiger partial charge in [0.05, 0.1) is 0 Å². The van der Waals surface area contributed by atoms with E-state index < -0.39 is 12.1 Å². The summed E-state index contributed by atoms with van der Waals surface area (Å²) in [6.07, 6.45) is 0.950. The Morgan fingerprint density at radius 2 is 2.00 bits per heavy atom. The van der Waals surface area contributed by atoms with E-state index in [9.17, 15) is 9.59 Å². The van der Waals surface area contributed by atoms with Crippen LogP contribution in [0.4, 0.5) is 0 Å². The van der Waals surface area contributed by atoms with Crippen LogP contribution in [0.15, 0.2) is 0 Å². The molecule has 1 unspecified atom stereocenters. The van der Waals surface area contributed by atoms with Crippen molar-refractivity contribution in [3.05, 3.63) is 0 Å². The number of rotatable bonds is 7. The zero-order chi connectivity index (χ0) is 11.8. The van der Waals surface area contributed by atoms with Crippen molar-refractivity contribution >= 4 is 11.9 Å². The number of carboxylic acid groups (broad SMARTS) is 1. The van der Waals surface area contributed by atoms with E-state index in [1.807, 2.05) is 13.8 Å². The van der Waals surface area contributed by atoms with Gasteiger partial charge in [0.25, 0.3) is 0 Å². The molecule has 0 aliphatic carbocycles. The molecule has 0 aliphatic heterocycles. The highest BCUT2D eigenvalue weighted by Crippen LogP contribution is 1.95. The maximum Gasteiger partial charge on any atom is 0.332 e. The van der Waals surface area contributed by atoms with Crippen LogP contribution in [0.5, 0.6) is 0 Å². The van der Waals surface area contributed by atoms with Crippen molar-refractivity contribution in [2.75, 3.05) is 6.61 Å². The Hall–Kier alpha value is -1.10. The second kappa shape index (κ2) is 7.23. The first kappa shape index (κ1) is 13.9. The Morgan fingerprint density at radius 3 is 2.47 bits per heavy atom. The minimum atomic E-state index is -1.07. The number of hydrogen-bond acceptors (Lipinski definition) is 3. The van der Waals surface area contributed by atoms with E-state index in [4.69, 9.17) is 9.84 Å². The molecule has 0 rings (SSSR count). The summed E-state index contributed by atoms with van der Waals surface area (Å²) in [4.78, 5) is 21.6. The average Bonchev–Trinajstić information content (AvgIpc) is 2.14. The van der Waals surface area contributed by atoms with Gasteiger partial charge in [-0.3, -0.25) is 4.79 Å². The molecule has 0 aromatic rings. The van der Waals surface area contributed by atoms with Gasteiger partial charge in [-0.15, -0.1) is 0 Å². The summed E-state index contributed by atoms with van der Waals surface area (Å²) in [5, 5.41) is 11.2. The number of amides is 1. The quantitative estimate of drug-likeness (QED) is 0.660. The van der Waals surface area contributed by atoms with E-state index >= 15 is 0 Å². The Labute approximate surface area is 89.8 Å². The first-order valence-electron chi connectivity index (χ1n) is 5.11. The van der Waals surface area contributed by atoms with E-state index in [1.54, 1.807) is 0 Å². The summed E-state index contributed by atoms with van der Waals surface area (Å²) >= 11 is 0. The van der Waals surface area contributed by atoms with Crippen molar-refractivity contribution in [1.29, 1.82) is 0 Å². The van der Waals surface area contributed by atoms with Crippen LogP contribution in [0.25, 0.3) is 0 Å². The third-order valence-electron chi connectivity index (χ3n) is 1.94. The molecule has 0 aromatic carbocycles. The van der Waals surface area contributed by atoms with Crippen LogP contribution in [-0.2, 0) is 14.3 Å². The third-order valence-corrected chi connectivity index (χ3v) is 1.94. The molecule has 1 amide bonds. The molecule has 0 aliphatic rings. The number of ether oxygens (including phenoxy) is 1. The van der Waals surface area contributed by atoms with Crippen LogP contribution >= 0.6 is 0 Å².